The van der Waals surface area contributed by atoms with E-state index < -0.39 is 0 Å². The van der Waals surface area contributed by atoms with Crippen LogP contribution in [-0.4, -0.2) is 17.4 Å². The van der Waals surface area contributed by atoms with Crippen LogP contribution in [0, 0.1) is 11.3 Å². The highest BCUT2D eigenvalue weighted by Crippen LogP contribution is 2.53. The fourth-order valence-corrected chi connectivity index (χ4v) is 5.36. The van der Waals surface area contributed by atoms with Crippen LogP contribution in [0.2, 0.25) is 0 Å². The highest BCUT2D eigenvalue weighted by molar-refractivity contribution is 5.82. The van der Waals surface area contributed by atoms with E-state index in [1.165, 1.54) is 11.1 Å². The normalized spacial score (nSPS) is 18.9. The monoisotopic (exact) mass is 537 g/mol. The number of hydrogen-bond acceptors (Lipinski definition) is 4. The molecule has 0 spiro atoms. The van der Waals surface area contributed by atoms with Crippen LogP contribution in [0.3, 0.4) is 0 Å². The summed E-state index contributed by atoms with van der Waals surface area (Å²) in [5.41, 5.74) is 9.32. The van der Waals surface area contributed by atoms with E-state index >= 15 is 0 Å². The fourth-order valence-electron chi connectivity index (χ4n) is 5.36. The summed E-state index contributed by atoms with van der Waals surface area (Å²) in [6.45, 7) is 23.0. The molecular formula is C33H49N2O4-. The Morgan fingerprint density at radius 3 is 1.79 bits per heavy atom. The Morgan fingerprint density at radius 2 is 1.36 bits per heavy atom. The van der Waals surface area contributed by atoms with Gasteiger partial charge in [0, 0.05) is 12.8 Å². The molecule has 216 valence electrons. The number of carbonyl (C=O) groups is 2. The van der Waals surface area contributed by atoms with Gasteiger partial charge >= 0.3 is 0 Å². The lowest BCUT2D eigenvalue weighted by atomic mass is 9.69. The molecule has 2 N–H and O–H groups in total. The summed E-state index contributed by atoms with van der Waals surface area (Å²) in [5.74, 6) is 1.07. The zero-order valence-corrected chi connectivity index (χ0v) is 26.0. The van der Waals surface area contributed by atoms with Crippen molar-refractivity contribution < 1.29 is 19.4 Å². The molecule has 1 aromatic rings. The lowest BCUT2D eigenvalue weighted by Crippen LogP contribution is -2.49. The molecule has 0 radical (unpaired) electrons. The second-order valence-corrected chi connectivity index (χ2v) is 14.9. The van der Waals surface area contributed by atoms with Crippen molar-refractivity contribution in [1.82, 2.24) is 10.9 Å². The Morgan fingerprint density at radius 1 is 0.872 bits per heavy atom. The molecule has 1 unspecified atom stereocenters. The van der Waals surface area contributed by atoms with Crippen LogP contribution in [0.15, 0.2) is 35.1 Å². The van der Waals surface area contributed by atoms with Gasteiger partial charge in [-0.1, -0.05) is 86.1 Å². The van der Waals surface area contributed by atoms with Crippen molar-refractivity contribution in [2.45, 2.75) is 125 Å². The molecule has 2 amide bonds. The molecule has 1 fully saturated rings. The second kappa shape index (κ2) is 10.7. The summed E-state index contributed by atoms with van der Waals surface area (Å²) < 4.78 is 6.11. The molecule has 0 saturated carbocycles. The Hall–Kier alpha value is -2.76. The summed E-state index contributed by atoms with van der Waals surface area (Å²) in [5, 5.41) is 13.1. The van der Waals surface area contributed by atoms with Gasteiger partial charge in [0.1, 0.15) is 11.4 Å². The molecule has 1 aromatic carbocycles. The van der Waals surface area contributed by atoms with Crippen molar-refractivity contribution >= 4 is 11.8 Å². The van der Waals surface area contributed by atoms with Crippen molar-refractivity contribution in [2.24, 2.45) is 11.3 Å². The lowest BCUT2D eigenvalue weighted by Gasteiger charge is -2.51. The first kappa shape index (κ1) is 30.8. The maximum Gasteiger partial charge on any atom is 0.238 e. The van der Waals surface area contributed by atoms with E-state index in [9.17, 15) is 14.7 Å². The molecule has 1 aliphatic heterocycles. The Bertz CT molecular complexity index is 1150. The van der Waals surface area contributed by atoms with E-state index in [1.54, 1.807) is 0 Å². The molecular weight excluding hydrogens is 488 g/mol. The van der Waals surface area contributed by atoms with Gasteiger partial charge in [-0.05, 0) is 71.6 Å². The van der Waals surface area contributed by atoms with Crippen LogP contribution in [0.5, 0.6) is 5.75 Å². The zero-order valence-electron chi connectivity index (χ0n) is 26.0. The average Bonchev–Trinajstić information content (AvgIpc) is 2.78. The predicted molar refractivity (Wildman–Crippen MR) is 155 cm³/mol. The van der Waals surface area contributed by atoms with Gasteiger partial charge in [0.2, 0.25) is 11.8 Å². The summed E-state index contributed by atoms with van der Waals surface area (Å²) in [4.78, 5) is 25.1. The fraction of sp³-hybridized carbons (Fsp3) is 0.636. The Balaban J connectivity index is 1.55. The molecule has 6 nitrogen and oxygen atoms in total. The van der Waals surface area contributed by atoms with Crippen molar-refractivity contribution in [3.63, 3.8) is 0 Å². The van der Waals surface area contributed by atoms with Crippen molar-refractivity contribution in [1.29, 1.82) is 0 Å². The summed E-state index contributed by atoms with van der Waals surface area (Å²) in [7, 11) is 0. The molecule has 0 aromatic heterocycles. The van der Waals surface area contributed by atoms with Crippen LogP contribution in [0.1, 0.15) is 119 Å². The molecule has 39 heavy (non-hydrogen) atoms. The number of nitrogens with one attached hydrogen (secondary N) is 2. The van der Waals surface area contributed by atoms with E-state index in [2.05, 4.69) is 51.5 Å². The van der Waals surface area contributed by atoms with E-state index in [1.807, 2.05) is 53.7 Å². The molecule has 3 rings (SSSR count). The standard InChI is InChI=1S/C33H50N2O4/c1-30(2,3)22-16-20(17-23(28(22)38)31(4,5)6)12-14-26(36)34-35-27(37)15-13-21-18-24(32(7,8)9)29-25(19-21)33(10,11)39-29/h16-18,25,38H,12-15,19H2,1-11H3,(H,34,36)(H,35,37)/p-1. The van der Waals surface area contributed by atoms with Gasteiger partial charge < -0.3 is 9.84 Å². The molecule has 1 saturated heterocycles. The number of rotatable bonds is 6. The van der Waals surface area contributed by atoms with Gasteiger partial charge in [0.05, 0.1) is 5.92 Å². The van der Waals surface area contributed by atoms with Crippen LogP contribution < -0.4 is 16.0 Å². The number of amides is 2. The lowest BCUT2D eigenvalue weighted by molar-refractivity contribution is -0.271. The van der Waals surface area contributed by atoms with E-state index in [0.29, 0.717) is 25.2 Å². The number of carbonyl (C=O) groups excluding carboxylic acids is 2. The highest BCUT2D eigenvalue weighted by Gasteiger charge is 2.49. The zero-order chi connectivity index (χ0) is 29.6. The first-order valence-electron chi connectivity index (χ1n) is 14.3. The first-order valence-corrected chi connectivity index (χ1v) is 14.3. The molecule has 1 heterocycles. The largest absolute Gasteiger partial charge is 0.872 e. The number of hydrogen-bond donors (Lipinski definition) is 2. The molecule has 1 aliphatic carbocycles. The smallest absolute Gasteiger partial charge is 0.238 e. The summed E-state index contributed by atoms with van der Waals surface area (Å²) in [6.07, 6.45) is 4.77. The minimum Gasteiger partial charge on any atom is -0.872 e. The quantitative estimate of drug-likeness (QED) is 0.419. The van der Waals surface area contributed by atoms with Crippen molar-refractivity contribution in [2.75, 3.05) is 0 Å². The molecule has 2 aliphatic rings. The minimum absolute atomic E-state index is 0.0265. The van der Waals surface area contributed by atoms with Gasteiger partial charge in [0.15, 0.2) is 0 Å². The molecule has 1 atom stereocenters. The third-order valence-corrected chi connectivity index (χ3v) is 7.84. The third-order valence-electron chi connectivity index (χ3n) is 7.84. The van der Waals surface area contributed by atoms with E-state index in [4.69, 9.17) is 4.74 Å². The number of allylic oxidation sites excluding steroid dienone is 3. The second-order valence-electron chi connectivity index (χ2n) is 14.9. The summed E-state index contributed by atoms with van der Waals surface area (Å²) in [6, 6.07) is 3.86. The van der Waals surface area contributed by atoms with Gasteiger partial charge in [-0.3, -0.25) is 20.4 Å². The maximum absolute atomic E-state index is 13.1. The van der Waals surface area contributed by atoms with Crippen molar-refractivity contribution in [3.05, 3.63) is 51.8 Å². The Kier molecular flexibility index (Phi) is 8.42. The average molecular weight is 538 g/mol. The maximum atomic E-state index is 13.1. The Labute approximate surface area is 235 Å². The first-order chi connectivity index (χ1) is 17.7. The molecule has 6 heteroatoms. The topological polar surface area (TPSA) is 90.5 Å². The van der Waals surface area contributed by atoms with Crippen LogP contribution in [-0.2, 0) is 31.6 Å². The van der Waals surface area contributed by atoms with Gasteiger partial charge in [-0.15, -0.1) is 5.75 Å². The van der Waals surface area contributed by atoms with Gasteiger partial charge in [0.25, 0.3) is 0 Å². The number of aryl methyl sites for hydroxylation is 1. The van der Waals surface area contributed by atoms with Crippen LogP contribution in [0.4, 0.5) is 0 Å². The summed E-state index contributed by atoms with van der Waals surface area (Å²) >= 11 is 0. The minimum atomic E-state index is -0.288. The third kappa shape index (κ3) is 7.26. The van der Waals surface area contributed by atoms with Crippen LogP contribution in [0.25, 0.3) is 0 Å². The van der Waals surface area contributed by atoms with Gasteiger partial charge in [-0.25, -0.2) is 0 Å². The van der Waals surface area contributed by atoms with E-state index in [0.717, 1.165) is 28.9 Å². The number of hydrazine groups is 1. The number of benzene rings is 1. The van der Waals surface area contributed by atoms with E-state index in [-0.39, 0.29) is 45.8 Å². The number of fused-ring (bicyclic) bond motifs is 1. The SMILES string of the molecule is CC(C)(C)C1=C2OC(C)(C)C2CC(CCC(=O)NNC(=O)CCc2cc(C(C)(C)C)c([O-])c(C(C)(C)C)c2)=C1. The predicted octanol–water partition coefficient (Wildman–Crippen LogP) is 6.27. The molecule has 0 bridgehead atoms. The highest BCUT2D eigenvalue weighted by atomic mass is 16.5. The van der Waals surface area contributed by atoms with Gasteiger partial charge in [-0.2, -0.15) is 0 Å². The van der Waals surface area contributed by atoms with Crippen LogP contribution >= 0.6 is 0 Å². The van der Waals surface area contributed by atoms with Crippen molar-refractivity contribution in [3.8, 4) is 5.75 Å². The number of ether oxygens (including phenoxy) is 1.